The quantitative estimate of drug-likeness (QED) is 0.472. The van der Waals surface area contributed by atoms with Gasteiger partial charge >= 0.3 is 5.69 Å². The van der Waals surface area contributed by atoms with Crippen LogP contribution in [0.25, 0.3) is 16.6 Å². The Kier molecular flexibility index (Phi) is 6.28. The van der Waals surface area contributed by atoms with Crippen molar-refractivity contribution in [1.29, 1.82) is 0 Å². The molecule has 0 saturated carbocycles. The molecule has 0 radical (unpaired) electrons. The molecule has 0 spiro atoms. The maximum absolute atomic E-state index is 13.3. The molecule has 4 aromatic rings. The number of hydrogen-bond acceptors (Lipinski definition) is 4. The van der Waals surface area contributed by atoms with Crippen molar-refractivity contribution in [3.05, 3.63) is 104 Å². The number of benzene rings is 3. The molecule has 0 aliphatic heterocycles. The zero-order valence-electron chi connectivity index (χ0n) is 17.5. The van der Waals surface area contributed by atoms with Gasteiger partial charge in [0.05, 0.1) is 23.7 Å². The van der Waals surface area contributed by atoms with Gasteiger partial charge < -0.3 is 10.1 Å². The maximum atomic E-state index is 13.3. The van der Waals surface area contributed by atoms with Crippen molar-refractivity contribution >= 4 is 28.4 Å². The highest BCUT2D eigenvalue weighted by molar-refractivity contribution is 6.31. The van der Waals surface area contributed by atoms with E-state index >= 15 is 0 Å². The Labute approximate surface area is 192 Å². The Morgan fingerprint density at radius 1 is 1.03 bits per heavy atom. The predicted molar refractivity (Wildman–Crippen MR) is 124 cm³/mol. The zero-order valence-corrected chi connectivity index (χ0v) is 18.3. The van der Waals surface area contributed by atoms with E-state index in [1.54, 1.807) is 42.5 Å². The van der Waals surface area contributed by atoms with E-state index in [1.807, 2.05) is 0 Å². The molecule has 1 heterocycles. The minimum absolute atomic E-state index is 0.157. The number of nitrogens with one attached hydrogen (secondary N) is 1. The molecule has 4 rings (SSSR count). The van der Waals surface area contributed by atoms with E-state index in [1.165, 1.54) is 35.9 Å². The van der Waals surface area contributed by atoms with Gasteiger partial charge in [0.15, 0.2) is 0 Å². The van der Waals surface area contributed by atoms with Crippen LogP contribution in [0.4, 0.5) is 4.39 Å². The third-order valence-corrected chi connectivity index (χ3v) is 5.38. The number of halogens is 2. The maximum Gasteiger partial charge on any atom is 0.336 e. The number of ether oxygens (including phenoxy) is 1. The highest BCUT2D eigenvalue weighted by Crippen LogP contribution is 2.18. The van der Waals surface area contributed by atoms with E-state index in [0.717, 1.165) is 4.57 Å². The monoisotopic (exact) mass is 467 g/mol. The normalized spacial score (nSPS) is 10.9. The molecule has 0 unspecified atom stereocenters. The number of nitrogens with zero attached hydrogens (tertiary/aromatic N) is 2. The van der Waals surface area contributed by atoms with Gasteiger partial charge in [-0.15, -0.1) is 0 Å². The average Bonchev–Trinajstić information content (AvgIpc) is 2.82. The third kappa shape index (κ3) is 4.65. The molecule has 0 bridgehead atoms. The van der Waals surface area contributed by atoms with Gasteiger partial charge in [0, 0.05) is 11.6 Å². The fraction of sp³-hybridized carbons (Fsp3) is 0.125. The van der Waals surface area contributed by atoms with Crippen LogP contribution in [0, 0.1) is 5.82 Å². The second-order valence-electron chi connectivity index (χ2n) is 7.27. The van der Waals surface area contributed by atoms with Gasteiger partial charge in [0.2, 0.25) is 5.91 Å². The summed E-state index contributed by atoms with van der Waals surface area (Å²) in [7, 11) is 1.51. The highest BCUT2D eigenvalue weighted by atomic mass is 35.5. The Balaban J connectivity index is 1.74. The van der Waals surface area contributed by atoms with E-state index in [4.69, 9.17) is 16.3 Å². The number of fused-ring (bicyclic) bond motifs is 1. The lowest BCUT2D eigenvalue weighted by Crippen LogP contribution is -2.41. The molecule has 0 fully saturated rings. The van der Waals surface area contributed by atoms with Crippen LogP contribution in [0.3, 0.4) is 0 Å². The van der Waals surface area contributed by atoms with Crippen LogP contribution in [0.2, 0.25) is 5.02 Å². The van der Waals surface area contributed by atoms with Gasteiger partial charge in [-0.1, -0.05) is 23.7 Å². The Morgan fingerprint density at radius 2 is 1.73 bits per heavy atom. The molecule has 1 N–H and O–H groups in total. The molecule has 1 aromatic heterocycles. The summed E-state index contributed by atoms with van der Waals surface area (Å²) in [5, 5.41) is 3.26. The van der Waals surface area contributed by atoms with Gasteiger partial charge in [-0.25, -0.2) is 13.8 Å². The molecule has 0 atom stereocenters. The molecule has 168 valence electrons. The fourth-order valence-corrected chi connectivity index (χ4v) is 3.62. The van der Waals surface area contributed by atoms with E-state index < -0.39 is 17.2 Å². The van der Waals surface area contributed by atoms with Crippen LogP contribution < -0.4 is 21.3 Å². The molecule has 0 aliphatic carbocycles. The van der Waals surface area contributed by atoms with Crippen molar-refractivity contribution in [1.82, 2.24) is 14.5 Å². The summed E-state index contributed by atoms with van der Waals surface area (Å²) in [6, 6.07) is 16.7. The first kappa shape index (κ1) is 22.3. The topological polar surface area (TPSA) is 82.3 Å². The van der Waals surface area contributed by atoms with E-state index in [9.17, 15) is 18.8 Å². The fourth-order valence-electron chi connectivity index (χ4n) is 3.45. The minimum Gasteiger partial charge on any atom is -0.497 e. The van der Waals surface area contributed by atoms with Crippen LogP contribution in [0.5, 0.6) is 5.75 Å². The average molecular weight is 468 g/mol. The third-order valence-electron chi connectivity index (χ3n) is 5.14. The zero-order chi connectivity index (χ0) is 23.5. The summed E-state index contributed by atoms with van der Waals surface area (Å²) in [6.45, 7) is -0.183. The van der Waals surface area contributed by atoms with Crippen molar-refractivity contribution in [2.75, 3.05) is 7.11 Å². The number of rotatable bonds is 6. The first-order chi connectivity index (χ1) is 15.9. The van der Waals surface area contributed by atoms with Gasteiger partial charge in [0.25, 0.3) is 5.56 Å². The first-order valence-corrected chi connectivity index (χ1v) is 10.4. The number of methoxy groups -OCH3 is 1. The second-order valence-corrected chi connectivity index (χ2v) is 7.71. The van der Waals surface area contributed by atoms with Crippen molar-refractivity contribution in [3.63, 3.8) is 0 Å². The van der Waals surface area contributed by atoms with Crippen LogP contribution in [0.1, 0.15) is 5.56 Å². The lowest BCUT2D eigenvalue weighted by Gasteiger charge is -2.15. The molecular weight excluding hydrogens is 449 g/mol. The van der Waals surface area contributed by atoms with Crippen LogP contribution in [-0.4, -0.2) is 22.2 Å². The largest absolute Gasteiger partial charge is 0.497 e. The smallest absolute Gasteiger partial charge is 0.336 e. The summed E-state index contributed by atoms with van der Waals surface area (Å²) in [5.74, 6) is -0.261. The van der Waals surface area contributed by atoms with Crippen molar-refractivity contribution in [3.8, 4) is 11.4 Å². The van der Waals surface area contributed by atoms with Gasteiger partial charge in [-0.2, -0.15) is 0 Å². The lowest BCUT2D eigenvalue weighted by atomic mass is 10.2. The van der Waals surface area contributed by atoms with E-state index in [0.29, 0.717) is 22.0 Å². The van der Waals surface area contributed by atoms with Crippen LogP contribution in [-0.2, 0) is 17.9 Å². The molecular formula is C24H19ClFN3O4. The van der Waals surface area contributed by atoms with Crippen molar-refractivity contribution in [2.24, 2.45) is 0 Å². The van der Waals surface area contributed by atoms with E-state index in [2.05, 4.69) is 5.32 Å². The number of aromatic nitrogens is 2. The Morgan fingerprint density at radius 3 is 2.39 bits per heavy atom. The van der Waals surface area contributed by atoms with Crippen LogP contribution in [0.15, 0.2) is 76.3 Å². The number of amides is 1. The van der Waals surface area contributed by atoms with Crippen molar-refractivity contribution < 1.29 is 13.9 Å². The van der Waals surface area contributed by atoms with Gasteiger partial charge in [0.1, 0.15) is 18.1 Å². The summed E-state index contributed by atoms with van der Waals surface area (Å²) < 4.78 is 20.4. The molecule has 0 aliphatic rings. The molecule has 1 amide bonds. The number of hydrogen-bond donors (Lipinski definition) is 1. The van der Waals surface area contributed by atoms with E-state index in [-0.39, 0.29) is 29.8 Å². The van der Waals surface area contributed by atoms with Crippen molar-refractivity contribution in [2.45, 2.75) is 13.1 Å². The molecule has 9 heteroatoms. The Hall–Kier alpha value is -3.91. The number of carbonyl (C=O) groups is 1. The summed E-state index contributed by atoms with van der Waals surface area (Å²) in [6.07, 6.45) is 0. The highest BCUT2D eigenvalue weighted by Gasteiger charge is 2.17. The first-order valence-electron chi connectivity index (χ1n) is 9.98. The molecule has 7 nitrogen and oxygen atoms in total. The summed E-state index contributed by atoms with van der Waals surface area (Å²) in [5.41, 5.74) is 0.0761. The van der Waals surface area contributed by atoms with Gasteiger partial charge in [-0.3, -0.25) is 14.2 Å². The number of carbonyl (C=O) groups excluding carboxylic acids is 1. The second kappa shape index (κ2) is 9.30. The Bertz CT molecular complexity index is 1440. The minimum atomic E-state index is -0.683. The SMILES string of the molecule is COc1ccc(-n2c(=O)c3ccc(Cl)cc3n(CC(=O)NCc3ccc(F)cc3)c2=O)cc1. The summed E-state index contributed by atoms with van der Waals surface area (Å²) >= 11 is 6.11. The molecule has 33 heavy (non-hydrogen) atoms. The predicted octanol–water partition coefficient (Wildman–Crippen LogP) is 3.27. The lowest BCUT2D eigenvalue weighted by molar-refractivity contribution is -0.121. The summed E-state index contributed by atoms with van der Waals surface area (Å²) in [4.78, 5) is 39.2. The van der Waals surface area contributed by atoms with Gasteiger partial charge in [-0.05, 0) is 60.2 Å². The standard InChI is InChI=1S/C24H19ClFN3O4/c1-33-19-9-7-18(8-10-19)29-23(31)20-11-4-16(25)12-21(20)28(24(29)32)14-22(30)27-13-15-2-5-17(26)6-3-15/h2-12H,13-14H2,1H3,(H,27,30). The molecule has 3 aromatic carbocycles. The molecule has 0 saturated heterocycles. The van der Waals surface area contributed by atoms with Crippen LogP contribution >= 0.6 is 11.6 Å².